The zero-order valence-corrected chi connectivity index (χ0v) is 13.5. The van der Waals surface area contributed by atoms with Gasteiger partial charge < -0.3 is 5.32 Å². The molecule has 98 valence electrons. The van der Waals surface area contributed by atoms with Crippen molar-refractivity contribution in [1.29, 1.82) is 0 Å². The van der Waals surface area contributed by atoms with Crippen LogP contribution in [0.2, 0.25) is 0 Å². The first-order valence-corrected chi connectivity index (χ1v) is 8.34. The summed E-state index contributed by atoms with van der Waals surface area (Å²) in [5.74, 6) is 0.794. The maximum Gasteiger partial charge on any atom is 0.0285 e. The Morgan fingerprint density at radius 1 is 1.29 bits per heavy atom. The predicted octanol–water partition coefficient (Wildman–Crippen LogP) is 4.86. The molecular weight excluding hydrogens is 294 g/mol. The second-order valence-electron chi connectivity index (χ2n) is 4.57. The molecule has 0 spiro atoms. The van der Waals surface area contributed by atoms with Crippen molar-refractivity contribution in [2.45, 2.75) is 52.5 Å². The van der Waals surface area contributed by atoms with Crippen molar-refractivity contribution in [2.24, 2.45) is 5.92 Å². The average molecular weight is 318 g/mol. The van der Waals surface area contributed by atoms with E-state index in [0.29, 0.717) is 6.04 Å². The standard InChI is InChI=1S/C14H24BrNS/c1-4-7-16-14(11(5-2)6-3)9-13-8-12(15)10-17-13/h8,10-11,14,16H,4-7,9H2,1-3H3. The van der Waals surface area contributed by atoms with Crippen LogP contribution in [0.15, 0.2) is 15.9 Å². The van der Waals surface area contributed by atoms with Gasteiger partial charge in [-0.05, 0) is 47.3 Å². The minimum absolute atomic E-state index is 0.635. The topological polar surface area (TPSA) is 12.0 Å². The van der Waals surface area contributed by atoms with Crippen LogP contribution in [-0.2, 0) is 6.42 Å². The normalized spacial score (nSPS) is 13.2. The minimum Gasteiger partial charge on any atom is -0.313 e. The summed E-state index contributed by atoms with van der Waals surface area (Å²) < 4.78 is 1.22. The van der Waals surface area contributed by atoms with Crippen LogP contribution in [0.3, 0.4) is 0 Å². The van der Waals surface area contributed by atoms with E-state index in [0.717, 1.165) is 12.5 Å². The molecule has 1 rings (SSSR count). The van der Waals surface area contributed by atoms with Gasteiger partial charge in [0.1, 0.15) is 0 Å². The van der Waals surface area contributed by atoms with Gasteiger partial charge in [-0.2, -0.15) is 0 Å². The maximum atomic E-state index is 3.72. The van der Waals surface area contributed by atoms with E-state index in [1.807, 2.05) is 11.3 Å². The monoisotopic (exact) mass is 317 g/mol. The van der Waals surface area contributed by atoms with Gasteiger partial charge in [0.25, 0.3) is 0 Å². The molecule has 1 aromatic rings. The Morgan fingerprint density at radius 3 is 2.47 bits per heavy atom. The van der Waals surface area contributed by atoms with Gasteiger partial charge in [-0.25, -0.2) is 0 Å². The second kappa shape index (κ2) is 8.28. The zero-order valence-electron chi connectivity index (χ0n) is 11.1. The Labute approximate surface area is 118 Å². The summed E-state index contributed by atoms with van der Waals surface area (Å²) >= 11 is 5.40. The number of rotatable bonds is 8. The smallest absolute Gasteiger partial charge is 0.0285 e. The molecule has 0 saturated carbocycles. The number of halogens is 1. The summed E-state index contributed by atoms with van der Waals surface area (Å²) in [6.45, 7) is 7.98. The van der Waals surface area contributed by atoms with Crippen LogP contribution in [-0.4, -0.2) is 12.6 Å². The van der Waals surface area contributed by atoms with Crippen LogP contribution in [0.5, 0.6) is 0 Å². The van der Waals surface area contributed by atoms with Gasteiger partial charge in [-0.1, -0.05) is 33.6 Å². The lowest BCUT2D eigenvalue weighted by atomic mass is 9.91. The number of thiophene rings is 1. The first kappa shape index (κ1) is 15.2. The molecule has 1 aromatic heterocycles. The lowest BCUT2D eigenvalue weighted by Crippen LogP contribution is -2.38. The van der Waals surface area contributed by atoms with Crippen LogP contribution in [0, 0.1) is 5.92 Å². The van der Waals surface area contributed by atoms with E-state index in [2.05, 4.69) is 53.5 Å². The molecule has 0 aromatic carbocycles. The van der Waals surface area contributed by atoms with Gasteiger partial charge in [0.15, 0.2) is 0 Å². The first-order chi connectivity index (χ1) is 8.21. The van der Waals surface area contributed by atoms with Gasteiger partial charge >= 0.3 is 0 Å². The number of hydrogen-bond acceptors (Lipinski definition) is 2. The Morgan fingerprint density at radius 2 is 2.00 bits per heavy atom. The second-order valence-corrected chi connectivity index (χ2v) is 6.48. The van der Waals surface area contributed by atoms with Crippen molar-refractivity contribution < 1.29 is 0 Å². The number of nitrogens with one attached hydrogen (secondary N) is 1. The van der Waals surface area contributed by atoms with E-state index in [1.54, 1.807) is 0 Å². The van der Waals surface area contributed by atoms with Crippen molar-refractivity contribution in [3.05, 3.63) is 20.8 Å². The summed E-state index contributed by atoms with van der Waals surface area (Å²) in [5, 5.41) is 5.90. The molecule has 1 atom stereocenters. The van der Waals surface area contributed by atoms with Crippen molar-refractivity contribution in [1.82, 2.24) is 5.32 Å². The molecule has 1 nitrogen and oxygen atoms in total. The summed E-state index contributed by atoms with van der Waals surface area (Å²) in [6, 6.07) is 2.89. The number of hydrogen-bond donors (Lipinski definition) is 1. The van der Waals surface area contributed by atoms with Crippen LogP contribution in [0.4, 0.5) is 0 Å². The van der Waals surface area contributed by atoms with E-state index < -0.39 is 0 Å². The molecule has 0 fully saturated rings. The highest BCUT2D eigenvalue weighted by Crippen LogP contribution is 2.24. The highest BCUT2D eigenvalue weighted by Gasteiger charge is 2.18. The Balaban J connectivity index is 2.61. The van der Waals surface area contributed by atoms with E-state index in [4.69, 9.17) is 0 Å². The van der Waals surface area contributed by atoms with Gasteiger partial charge in [-0.3, -0.25) is 0 Å². The Bertz CT molecular complexity index is 307. The van der Waals surface area contributed by atoms with Crippen molar-refractivity contribution in [3.63, 3.8) is 0 Å². The van der Waals surface area contributed by atoms with Gasteiger partial charge in [0, 0.05) is 20.8 Å². The fourth-order valence-corrected chi connectivity index (χ4v) is 3.78. The van der Waals surface area contributed by atoms with Crippen LogP contribution in [0.1, 0.15) is 44.9 Å². The largest absolute Gasteiger partial charge is 0.313 e. The molecule has 0 saturated heterocycles. The summed E-state index contributed by atoms with van der Waals surface area (Å²) in [6.07, 6.45) is 4.92. The Kier molecular flexibility index (Phi) is 7.40. The van der Waals surface area contributed by atoms with Gasteiger partial charge in [0.2, 0.25) is 0 Å². The summed E-state index contributed by atoms with van der Waals surface area (Å²) in [7, 11) is 0. The molecule has 1 N–H and O–H groups in total. The molecule has 0 aliphatic rings. The fraction of sp³-hybridized carbons (Fsp3) is 0.714. The van der Waals surface area contributed by atoms with Gasteiger partial charge in [-0.15, -0.1) is 11.3 Å². The van der Waals surface area contributed by atoms with Crippen LogP contribution in [0.25, 0.3) is 0 Å². The van der Waals surface area contributed by atoms with E-state index >= 15 is 0 Å². The van der Waals surface area contributed by atoms with Crippen molar-refractivity contribution >= 4 is 27.3 Å². The van der Waals surface area contributed by atoms with Gasteiger partial charge in [0.05, 0.1) is 0 Å². The fourth-order valence-electron chi connectivity index (χ4n) is 2.27. The molecule has 0 amide bonds. The predicted molar refractivity (Wildman–Crippen MR) is 81.9 cm³/mol. The molecule has 1 heterocycles. The molecule has 0 radical (unpaired) electrons. The molecule has 0 bridgehead atoms. The minimum atomic E-state index is 0.635. The summed E-state index contributed by atoms with van der Waals surface area (Å²) in [5.41, 5.74) is 0. The van der Waals surface area contributed by atoms with E-state index in [1.165, 1.54) is 35.0 Å². The maximum absolute atomic E-state index is 3.72. The Hall–Kier alpha value is 0.140. The molecule has 0 aliphatic carbocycles. The molecule has 3 heteroatoms. The zero-order chi connectivity index (χ0) is 12.7. The third-order valence-corrected chi connectivity index (χ3v) is 5.04. The third kappa shape index (κ3) is 5.11. The quantitative estimate of drug-likeness (QED) is 0.722. The molecular formula is C14H24BrNS. The highest BCUT2D eigenvalue weighted by atomic mass is 79.9. The average Bonchev–Trinajstić information content (AvgIpc) is 2.73. The molecule has 1 unspecified atom stereocenters. The SMILES string of the molecule is CCCNC(Cc1cc(Br)cs1)C(CC)CC. The lowest BCUT2D eigenvalue weighted by Gasteiger charge is -2.26. The summed E-state index contributed by atoms with van der Waals surface area (Å²) in [4.78, 5) is 1.48. The first-order valence-electron chi connectivity index (χ1n) is 6.67. The van der Waals surface area contributed by atoms with E-state index in [9.17, 15) is 0 Å². The van der Waals surface area contributed by atoms with Crippen molar-refractivity contribution in [3.8, 4) is 0 Å². The third-order valence-electron chi connectivity index (χ3n) is 3.32. The highest BCUT2D eigenvalue weighted by molar-refractivity contribution is 9.10. The van der Waals surface area contributed by atoms with Crippen LogP contribution >= 0.6 is 27.3 Å². The van der Waals surface area contributed by atoms with E-state index in [-0.39, 0.29) is 0 Å². The lowest BCUT2D eigenvalue weighted by molar-refractivity contribution is 0.333. The van der Waals surface area contributed by atoms with Crippen LogP contribution < -0.4 is 5.32 Å². The van der Waals surface area contributed by atoms with Crippen molar-refractivity contribution in [2.75, 3.05) is 6.54 Å². The molecule has 0 aliphatic heterocycles. The molecule has 17 heavy (non-hydrogen) atoms.